The fourth-order valence-electron chi connectivity index (χ4n) is 3.09. The number of rotatable bonds is 5. The summed E-state index contributed by atoms with van der Waals surface area (Å²) in [6.45, 7) is 7.27. The van der Waals surface area contributed by atoms with E-state index in [9.17, 15) is 9.59 Å². The number of nitrogens with zero attached hydrogens (tertiary/aromatic N) is 2. The van der Waals surface area contributed by atoms with Crippen molar-refractivity contribution in [1.29, 1.82) is 0 Å². The molecule has 2 aromatic rings. The van der Waals surface area contributed by atoms with Crippen LogP contribution in [0.25, 0.3) is 0 Å². The van der Waals surface area contributed by atoms with E-state index >= 15 is 0 Å². The van der Waals surface area contributed by atoms with Crippen molar-refractivity contribution in [3.05, 3.63) is 52.8 Å². The molecule has 0 fully saturated rings. The number of esters is 1. The summed E-state index contributed by atoms with van der Waals surface area (Å²) in [6, 6.07) is 9.28. The molecule has 1 aliphatic rings. The fourth-order valence-corrected chi connectivity index (χ4v) is 3.09. The molecule has 2 atom stereocenters. The molecule has 1 N–H and O–H groups in total. The number of nitrogens with one attached hydrogen (secondary N) is 1. The Morgan fingerprint density at radius 2 is 2.16 bits per heavy atom. The Morgan fingerprint density at radius 3 is 2.88 bits per heavy atom. The van der Waals surface area contributed by atoms with Gasteiger partial charge in [-0.05, 0) is 37.5 Å². The quantitative estimate of drug-likeness (QED) is 0.845. The number of ether oxygens (including phenoxy) is 1. The summed E-state index contributed by atoms with van der Waals surface area (Å²) >= 11 is 0. The maximum Gasteiger partial charge on any atom is 0.339 e. The number of carbonyl (C=O) groups excluding carboxylic acids is 2. The first-order valence-corrected chi connectivity index (χ1v) is 8.51. The molecule has 0 bridgehead atoms. The Bertz CT molecular complexity index is 797. The van der Waals surface area contributed by atoms with Gasteiger partial charge in [-0.25, -0.2) is 4.79 Å². The van der Waals surface area contributed by atoms with Crippen LogP contribution in [0.15, 0.2) is 30.3 Å². The molecule has 0 radical (unpaired) electrons. The second-order valence-corrected chi connectivity index (χ2v) is 6.71. The second-order valence-electron chi connectivity index (χ2n) is 6.71. The molecule has 1 amide bonds. The third-order valence-electron chi connectivity index (χ3n) is 4.40. The zero-order valence-corrected chi connectivity index (χ0v) is 14.8. The van der Waals surface area contributed by atoms with Crippen LogP contribution in [0, 0.1) is 19.8 Å². The summed E-state index contributed by atoms with van der Waals surface area (Å²) in [7, 11) is 0. The van der Waals surface area contributed by atoms with E-state index in [2.05, 4.69) is 17.3 Å². The van der Waals surface area contributed by atoms with Crippen molar-refractivity contribution in [3.63, 3.8) is 0 Å². The smallest absolute Gasteiger partial charge is 0.339 e. The van der Waals surface area contributed by atoms with Gasteiger partial charge in [0.25, 0.3) is 5.91 Å². The van der Waals surface area contributed by atoms with Crippen molar-refractivity contribution in [2.24, 2.45) is 5.92 Å². The molecule has 6 nitrogen and oxygen atoms in total. The first-order chi connectivity index (χ1) is 11.9. The van der Waals surface area contributed by atoms with Gasteiger partial charge < -0.3 is 10.1 Å². The molecule has 3 rings (SSSR count). The molecule has 0 unspecified atom stereocenters. The van der Waals surface area contributed by atoms with Gasteiger partial charge in [-0.3, -0.25) is 9.48 Å². The highest BCUT2D eigenvalue weighted by Crippen LogP contribution is 2.20. The SMILES string of the molecule is Cc1cc(C)n(C[C@H](C)CNC(=O)[C@H]2Cc3ccccc3C(=O)O2)n1. The number of cyclic esters (lactones) is 1. The molecular formula is C19H23N3O3. The topological polar surface area (TPSA) is 73.2 Å². The Morgan fingerprint density at radius 1 is 1.40 bits per heavy atom. The maximum atomic E-state index is 12.4. The van der Waals surface area contributed by atoms with E-state index in [1.165, 1.54) is 0 Å². The van der Waals surface area contributed by atoms with Crippen LogP contribution in [0.1, 0.15) is 34.2 Å². The molecule has 6 heteroatoms. The summed E-state index contributed by atoms with van der Waals surface area (Å²) in [6.07, 6.45) is -0.345. The third-order valence-corrected chi connectivity index (χ3v) is 4.40. The van der Waals surface area contributed by atoms with Gasteiger partial charge in [0.15, 0.2) is 6.10 Å². The highest BCUT2D eigenvalue weighted by molar-refractivity contribution is 5.95. The lowest BCUT2D eigenvalue weighted by Crippen LogP contribution is -2.43. The molecule has 2 heterocycles. The van der Waals surface area contributed by atoms with Crippen molar-refractivity contribution in [2.45, 2.75) is 39.8 Å². The van der Waals surface area contributed by atoms with E-state index in [1.54, 1.807) is 12.1 Å². The standard InChI is InChI=1S/C19H23N3O3/c1-12(11-22-14(3)8-13(2)21-22)10-20-18(23)17-9-15-6-4-5-7-16(15)19(24)25-17/h4-8,12,17H,9-11H2,1-3H3,(H,20,23)/t12-,17-/m1/s1. The third kappa shape index (κ3) is 3.90. The van der Waals surface area contributed by atoms with Gasteiger partial charge in [-0.2, -0.15) is 5.10 Å². The Hall–Kier alpha value is -2.63. The summed E-state index contributed by atoms with van der Waals surface area (Å²) in [5.74, 6) is -0.464. The lowest BCUT2D eigenvalue weighted by atomic mass is 9.98. The van der Waals surface area contributed by atoms with Crippen LogP contribution >= 0.6 is 0 Å². The predicted octanol–water partition coefficient (Wildman–Crippen LogP) is 2.03. The van der Waals surface area contributed by atoms with Gasteiger partial charge in [0, 0.05) is 25.2 Å². The van der Waals surface area contributed by atoms with Crippen molar-refractivity contribution in [2.75, 3.05) is 6.54 Å². The van der Waals surface area contributed by atoms with Crippen LogP contribution in [-0.2, 0) is 22.5 Å². The highest BCUT2D eigenvalue weighted by atomic mass is 16.5. The minimum atomic E-state index is -0.761. The number of benzene rings is 1. The maximum absolute atomic E-state index is 12.4. The molecule has 1 aliphatic heterocycles. The molecule has 1 aromatic heterocycles. The van der Waals surface area contributed by atoms with Crippen LogP contribution in [0.4, 0.5) is 0 Å². The Labute approximate surface area is 147 Å². The van der Waals surface area contributed by atoms with E-state index in [4.69, 9.17) is 4.74 Å². The Kier molecular flexibility index (Phi) is 4.88. The first-order valence-electron chi connectivity index (χ1n) is 8.51. The van der Waals surface area contributed by atoms with Gasteiger partial charge in [-0.1, -0.05) is 25.1 Å². The summed E-state index contributed by atoms with van der Waals surface area (Å²) in [4.78, 5) is 24.4. The van der Waals surface area contributed by atoms with E-state index in [-0.39, 0.29) is 11.8 Å². The van der Waals surface area contributed by atoms with E-state index in [0.29, 0.717) is 18.5 Å². The van der Waals surface area contributed by atoms with Crippen LogP contribution in [0.5, 0.6) is 0 Å². The minimum Gasteiger partial charge on any atom is -0.448 e. The lowest BCUT2D eigenvalue weighted by Gasteiger charge is -2.24. The average molecular weight is 341 g/mol. The largest absolute Gasteiger partial charge is 0.448 e. The van der Waals surface area contributed by atoms with E-state index < -0.39 is 12.1 Å². The van der Waals surface area contributed by atoms with Gasteiger partial charge in [0.1, 0.15) is 0 Å². The molecule has 1 aromatic carbocycles. The average Bonchev–Trinajstić information content (AvgIpc) is 2.89. The molecule has 0 spiro atoms. The van der Waals surface area contributed by atoms with Crippen LogP contribution in [-0.4, -0.2) is 34.3 Å². The number of carbonyl (C=O) groups is 2. The molecular weight excluding hydrogens is 318 g/mol. The normalized spacial score (nSPS) is 17.6. The van der Waals surface area contributed by atoms with Crippen molar-refractivity contribution >= 4 is 11.9 Å². The number of hydrogen-bond donors (Lipinski definition) is 1. The number of aryl methyl sites for hydroxylation is 2. The van der Waals surface area contributed by atoms with Crippen molar-refractivity contribution in [3.8, 4) is 0 Å². The van der Waals surface area contributed by atoms with Crippen LogP contribution in [0.3, 0.4) is 0 Å². The Balaban J connectivity index is 1.54. The highest BCUT2D eigenvalue weighted by Gasteiger charge is 2.30. The molecule has 0 saturated heterocycles. The predicted molar refractivity (Wildman–Crippen MR) is 93.2 cm³/mol. The van der Waals surface area contributed by atoms with Gasteiger partial charge in [0.2, 0.25) is 0 Å². The zero-order valence-electron chi connectivity index (χ0n) is 14.8. The lowest BCUT2D eigenvalue weighted by molar-refractivity contribution is -0.130. The summed E-state index contributed by atoms with van der Waals surface area (Å²) < 4.78 is 7.23. The second kappa shape index (κ2) is 7.09. The van der Waals surface area contributed by atoms with E-state index in [1.807, 2.05) is 36.7 Å². The molecule has 132 valence electrons. The number of aromatic nitrogens is 2. The molecule has 0 saturated carbocycles. The number of fused-ring (bicyclic) bond motifs is 1. The van der Waals surface area contributed by atoms with Gasteiger partial charge >= 0.3 is 5.97 Å². The monoisotopic (exact) mass is 341 g/mol. The molecule has 0 aliphatic carbocycles. The summed E-state index contributed by atoms with van der Waals surface area (Å²) in [5, 5.41) is 7.33. The minimum absolute atomic E-state index is 0.216. The zero-order chi connectivity index (χ0) is 18.0. The molecule has 25 heavy (non-hydrogen) atoms. The van der Waals surface area contributed by atoms with Crippen molar-refractivity contribution < 1.29 is 14.3 Å². The summed E-state index contributed by atoms with van der Waals surface area (Å²) in [5.41, 5.74) is 3.49. The van der Waals surface area contributed by atoms with Crippen LogP contribution in [0.2, 0.25) is 0 Å². The fraction of sp³-hybridized carbons (Fsp3) is 0.421. The van der Waals surface area contributed by atoms with E-state index in [0.717, 1.165) is 23.5 Å². The number of hydrogen-bond acceptors (Lipinski definition) is 4. The van der Waals surface area contributed by atoms with Gasteiger partial charge in [-0.15, -0.1) is 0 Å². The first kappa shape index (κ1) is 17.2. The number of amides is 1. The van der Waals surface area contributed by atoms with Crippen molar-refractivity contribution in [1.82, 2.24) is 15.1 Å². The van der Waals surface area contributed by atoms with Crippen LogP contribution < -0.4 is 5.32 Å². The van der Waals surface area contributed by atoms with Gasteiger partial charge in [0.05, 0.1) is 11.3 Å².